The first kappa shape index (κ1) is 8.81. The Hall–Kier alpha value is 0.810. The topological polar surface area (TPSA) is 17.1 Å². The Balaban J connectivity index is 3.44. The van der Waals surface area contributed by atoms with E-state index in [1.165, 1.54) is 0 Å². The van der Waals surface area contributed by atoms with Crippen LogP contribution in [0.3, 0.4) is 0 Å². The molecule has 0 aliphatic rings. The highest BCUT2D eigenvalue weighted by Crippen LogP contribution is 2.10. The predicted molar refractivity (Wildman–Crippen MR) is 42.6 cm³/mol. The van der Waals surface area contributed by atoms with Gasteiger partial charge in [0.15, 0.2) is 12.5 Å². The van der Waals surface area contributed by atoms with Crippen LogP contribution in [0, 0.1) is 0 Å². The molecular formula is C4H5BrFIO. The lowest BCUT2D eigenvalue weighted by Gasteiger charge is -2.02. The average Bonchev–Trinajstić information content (AvgIpc) is 1.84. The first-order valence-corrected chi connectivity index (χ1v) is 4.38. The van der Waals surface area contributed by atoms with Gasteiger partial charge in [0.05, 0.1) is 3.92 Å². The van der Waals surface area contributed by atoms with Crippen LogP contribution in [-0.2, 0) is 4.79 Å². The van der Waals surface area contributed by atoms with Gasteiger partial charge in [-0.2, -0.15) is 0 Å². The third-order valence-corrected chi connectivity index (χ3v) is 3.66. The Morgan fingerprint density at radius 1 is 1.88 bits per heavy atom. The van der Waals surface area contributed by atoms with Crippen molar-refractivity contribution in [1.82, 2.24) is 0 Å². The number of hydrogen-bond acceptors (Lipinski definition) is 1. The van der Waals surface area contributed by atoms with E-state index < -0.39 is 6.17 Å². The summed E-state index contributed by atoms with van der Waals surface area (Å²) in [6.45, 7) is 0. The summed E-state index contributed by atoms with van der Waals surface area (Å²) in [5, 5.41) is 0.521. The molecule has 0 aliphatic carbocycles. The fourth-order valence-electron chi connectivity index (χ4n) is 0.170. The second kappa shape index (κ2) is 4.67. The molecule has 8 heavy (non-hydrogen) atoms. The number of alkyl halides is 3. The van der Waals surface area contributed by atoms with Crippen molar-refractivity contribution in [2.24, 2.45) is 0 Å². The highest BCUT2D eigenvalue weighted by atomic mass is 127. The number of carbonyl (C=O) groups excluding carboxylic acids is 1. The zero-order chi connectivity index (χ0) is 6.57. The fourth-order valence-corrected chi connectivity index (χ4v) is 0.697. The first-order chi connectivity index (χ1) is 3.72. The summed E-state index contributed by atoms with van der Waals surface area (Å²) in [4.78, 5) is 9.70. The lowest BCUT2D eigenvalue weighted by molar-refractivity contribution is -0.111. The van der Waals surface area contributed by atoms with Gasteiger partial charge in [0.1, 0.15) is 0 Å². The van der Waals surface area contributed by atoms with Crippen molar-refractivity contribution in [3.8, 4) is 0 Å². The summed E-state index contributed by atoms with van der Waals surface area (Å²) in [5.74, 6) is 0. The SMILES string of the molecule is O=C[C@@H](F)[C@@H](I)CBr. The highest BCUT2D eigenvalue weighted by Gasteiger charge is 2.14. The third kappa shape index (κ3) is 2.96. The van der Waals surface area contributed by atoms with Gasteiger partial charge in [-0.15, -0.1) is 0 Å². The van der Waals surface area contributed by atoms with E-state index in [1.54, 1.807) is 0 Å². The molecule has 0 heterocycles. The second-order valence-corrected chi connectivity index (χ2v) is 3.50. The second-order valence-electron chi connectivity index (χ2n) is 1.25. The van der Waals surface area contributed by atoms with Crippen LogP contribution in [0.5, 0.6) is 0 Å². The van der Waals surface area contributed by atoms with Gasteiger partial charge in [0, 0.05) is 5.33 Å². The molecule has 0 fully saturated rings. The number of halogens is 3. The molecule has 1 nitrogen and oxygen atoms in total. The molecule has 0 radical (unpaired) electrons. The summed E-state index contributed by atoms with van der Waals surface area (Å²) >= 11 is 4.93. The van der Waals surface area contributed by atoms with Gasteiger partial charge in [-0.25, -0.2) is 4.39 Å². The van der Waals surface area contributed by atoms with Crippen LogP contribution in [-0.4, -0.2) is 21.7 Å². The van der Waals surface area contributed by atoms with Crippen molar-refractivity contribution in [1.29, 1.82) is 0 Å². The van der Waals surface area contributed by atoms with Crippen LogP contribution in [0.1, 0.15) is 0 Å². The van der Waals surface area contributed by atoms with Gasteiger partial charge in [-0.3, -0.25) is 0 Å². The van der Waals surface area contributed by atoms with Crippen molar-refractivity contribution in [3.63, 3.8) is 0 Å². The van der Waals surface area contributed by atoms with Gasteiger partial charge < -0.3 is 4.79 Å². The van der Waals surface area contributed by atoms with Gasteiger partial charge in [-0.1, -0.05) is 38.5 Å². The average molecular weight is 295 g/mol. The van der Waals surface area contributed by atoms with Crippen LogP contribution < -0.4 is 0 Å². The van der Waals surface area contributed by atoms with E-state index in [-0.39, 0.29) is 3.92 Å². The van der Waals surface area contributed by atoms with E-state index in [2.05, 4.69) is 15.9 Å². The van der Waals surface area contributed by atoms with E-state index in [0.29, 0.717) is 11.6 Å². The number of carbonyl (C=O) groups is 1. The molecule has 0 saturated carbocycles. The molecule has 0 bridgehead atoms. The Morgan fingerprint density at radius 3 is 2.50 bits per heavy atom. The quantitative estimate of drug-likeness (QED) is 0.440. The third-order valence-electron chi connectivity index (χ3n) is 0.623. The summed E-state index contributed by atoms with van der Waals surface area (Å²) in [6.07, 6.45) is -1.01. The zero-order valence-electron chi connectivity index (χ0n) is 3.98. The Kier molecular flexibility index (Phi) is 5.14. The van der Waals surface area contributed by atoms with Crippen molar-refractivity contribution < 1.29 is 9.18 Å². The monoisotopic (exact) mass is 294 g/mol. The minimum Gasteiger partial charge on any atom is -0.300 e. The summed E-state index contributed by atoms with van der Waals surface area (Å²) in [5.41, 5.74) is 0. The Labute approximate surface area is 69.3 Å². The molecule has 0 rings (SSSR count). The number of hydrogen-bond donors (Lipinski definition) is 0. The molecule has 48 valence electrons. The fraction of sp³-hybridized carbons (Fsp3) is 0.750. The van der Waals surface area contributed by atoms with E-state index >= 15 is 0 Å². The van der Waals surface area contributed by atoms with Gasteiger partial charge in [-0.05, 0) is 0 Å². The van der Waals surface area contributed by atoms with Crippen molar-refractivity contribution in [2.45, 2.75) is 10.1 Å². The van der Waals surface area contributed by atoms with Gasteiger partial charge >= 0.3 is 0 Å². The molecule has 4 heteroatoms. The van der Waals surface area contributed by atoms with Crippen LogP contribution in [0.4, 0.5) is 4.39 Å². The smallest absolute Gasteiger partial charge is 0.168 e. The molecule has 0 aromatic heterocycles. The maximum absolute atomic E-state index is 12.1. The Morgan fingerprint density at radius 2 is 2.38 bits per heavy atom. The molecular weight excluding hydrogens is 290 g/mol. The lowest BCUT2D eigenvalue weighted by Crippen LogP contribution is -2.17. The Bertz CT molecular complexity index is 80.4. The minimum absolute atomic E-state index is 0.231. The first-order valence-electron chi connectivity index (χ1n) is 2.01. The predicted octanol–water partition coefficient (Wildman–Crippen LogP) is 1.72. The van der Waals surface area contributed by atoms with E-state index in [0.717, 1.165) is 0 Å². The van der Waals surface area contributed by atoms with Crippen molar-refractivity contribution in [2.75, 3.05) is 5.33 Å². The molecule has 0 saturated heterocycles. The van der Waals surface area contributed by atoms with E-state index in [9.17, 15) is 9.18 Å². The van der Waals surface area contributed by atoms with Crippen LogP contribution in [0.2, 0.25) is 0 Å². The highest BCUT2D eigenvalue weighted by molar-refractivity contribution is 14.1. The number of rotatable bonds is 3. The molecule has 2 atom stereocenters. The summed E-state index contributed by atoms with van der Waals surface area (Å²) < 4.78 is 11.9. The minimum atomic E-state index is -1.32. The molecule has 0 spiro atoms. The van der Waals surface area contributed by atoms with E-state index in [1.807, 2.05) is 22.6 Å². The van der Waals surface area contributed by atoms with Gasteiger partial charge in [0.25, 0.3) is 0 Å². The molecule has 0 aromatic rings. The molecule has 0 N–H and O–H groups in total. The lowest BCUT2D eigenvalue weighted by atomic mass is 10.3. The number of aldehydes is 1. The van der Waals surface area contributed by atoms with Crippen LogP contribution in [0.25, 0.3) is 0 Å². The maximum Gasteiger partial charge on any atom is 0.168 e. The van der Waals surface area contributed by atoms with Crippen LogP contribution >= 0.6 is 38.5 Å². The normalized spacial score (nSPS) is 17.4. The largest absolute Gasteiger partial charge is 0.300 e. The molecule has 0 unspecified atom stereocenters. The zero-order valence-corrected chi connectivity index (χ0v) is 7.72. The van der Waals surface area contributed by atoms with Crippen LogP contribution in [0.15, 0.2) is 0 Å². The molecule has 0 aromatic carbocycles. The van der Waals surface area contributed by atoms with Gasteiger partial charge in [0.2, 0.25) is 0 Å². The maximum atomic E-state index is 12.1. The van der Waals surface area contributed by atoms with Crippen molar-refractivity contribution in [3.05, 3.63) is 0 Å². The summed E-state index contributed by atoms with van der Waals surface area (Å²) in [6, 6.07) is 0. The molecule has 0 amide bonds. The summed E-state index contributed by atoms with van der Waals surface area (Å²) in [7, 11) is 0. The molecule has 0 aliphatic heterocycles. The van der Waals surface area contributed by atoms with Crippen molar-refractivity contribution >= 4 is 44.8 Å². The van der Waals surface area contributed by atoms with E-state index in [4.69, 9.17) is 0 Å². The standard InChI is InChI=1S/C4H5BrFIO/c5-1-4(7)3(6)2-8/h2-4H,1H2/t3-,4+/m1/s1.